The smallest absolute Gasteiger partial charge is 0.221 e. The minimum atomic E-state index is 0.0993. The molecule has 3 nitrogen and oxygen atoms in total. The number of amides is 1. The third kappa shape index (κ3) is 6.62. The molecule has 0 bridgehead atoms. The van der Waals surface area contributed by atoms with Crippen LogP contribution < -0.4 is 10.6 Å². The molecular formula is C14H21ClN2O. The molecule has 4 heteroatoms. The first-order valence-corrected chi connectivity index (χ1v) is 6.67. The fourth-order valence-corrected chi connectivity index (χ4v) is 1.70. The van der Waals surface area contributed by atoms with Gasteiger partial charge in [-0.1, -0.05) is 37.6 Å². The average Bonchev–Trinajstić information content (AvgIpc) is 2.32. The Morgan fingerprint density at radius 2 is 2.17 bits per heavy atom. The highest BCUT2D eigenvalue weighted by Crippen LogP contribution is 2.10. The van der Waals surface area contributed by atoms with Crippen LogP contribution >= 0.6 is 11.6 Å². The quantitative estimate of drug-likeness (QED) is 0.747. The van der Waals surface area contributed by atoms with Crippen molar-refractivity contribution in [3.63, 3.8) is 0 Å². The van der Waals surface area contributed by atoms with E-state index in [1.165, 1.54) is 0 Å². The number of carbonyl (C=O) groups excluding carboxylic acids is 1. The Kier molecular flexibility index (Phi) is 6.76. The Morgan fingerprint density at radius 1 is 1.39 bits per heavy atom. The van der Waals surface area contributed by atoms with Gasteiger partial charge in [0.1, 0.15) is 0 Å². The lowest BCUT2D eigenvalue weighted by Gasteiger charge is -2.08. The van der Waals surface area contributed by atoms with E-state index in [0.717, 1.165) is 23.7 Å². The molecule has 0 aliphatic heterocycles. The van der Waals surface area contributed by atoms with Gasteiger partial charge in [-0.05, 0) is 23.6 Å². The summed E-state index contributed by atoms with van der Waals surface area (Å²) in [6.07, 6.45) is 0.507. The van der Waals surface area contributed by atoms with E-state index >= 15 is 0 Å². The minimum Gasteiger partial charge on any atom is -0.356 e. The molecule has 0 aromatic heterocycles. The van der Waals surface area contributed by atoms with Gasteiger partial charge in [0, 0.05) is 31.1 Å². The van der Waals surface area contributed by atoms with Gasteiger partial charge in [0.15, 0.2) is 0 Å². The highest BCUT2D eigenvalue weighted by atomic mass is 35.5. The van der Waals surface area contributed by atoms with Crippen LogP contribution in [0.15, 0.2) is 24.3 Å². The Hall–Kier alpha value is -1.06. The standard InChI is InChI=1S/C14H21ClN2O/c1-11(2)9-17-14(18)6-7-16-10-12-4-3-5-13(15)8-12/h3-5,8,11,16H,6-7,9-10H2,1-2H3,(H,17,18). The molecule has 1 rings (SSSR count). The number of halogens is 1. The van der Waals surface area contributed by atoms with Crippen LogP contribution in [0.2, 0.25) is 5.02 Å². The number of hydrogen-bond acceptors (Lipinski definition) is 2. The maximum absolute atomic E-state index is 11.4. The summed E-state index contributed by atoms with van der Waals surface area (Å²) in [7, 11) is 0. The van der Waals surface area contributed by atoms with Crippen molar-refractivity contribution in [3.8, 4) is 0 Å². The van der Waals surface area contributed by atoms with E-state index in [1.807, 2.05) is 24.3 Å². The van der Waals surface area contributed by atoms with Crippen LogP contribution in [0.25, 0.3) is 0 Å². The summed E-state index contributed by atoms with van der Waals surface area (Å²) in [5.74, 6) is 0.593. The van der Waals surface area contributed by atoms with E-state index < -0.39 is 0 Å². The number of carbonyl (C=O) groups is 1. The van der Waals surface area contributed by atoms with Crippen molar-refractivity contribution in [1.29, 1.82) is 0 Å². The van der Waals surface area contributed by atoms with E-state index in [4.69, 9.17) is 11.6 Å². The molecule has 2 N–H and O–H groups in total. The SMILES string of the molecule is CC(C)CNC(=O)CCNCc1cccc(Cl)c1. The third-order valence-electron chi connectivity index (χ3n) is 2.45. The molecule has 0 saturated carbocycles. The summed E-state index contributed by atoms with van der Waals surface area (Å²) < 4.78 is 0. The van der Waals surface area contributed by atoms with Crippen molar-refractivity contribution in [2.75, 3.05) is 13.1 Å². The molecule has 18 heavy (non-hydrogen) atoms. The molecule has 0 heterocycles. The molecule has 0 aliphatic rings. The summed E-state index contributed by atoms with van der Waals surface area (Å²) in [5.41, 5.74) is 1.13. The second-order valence-corrected chi connectivity index (χ2v) is 5.19. The van der Waals surface area contributed by atoms with Gasteiger partial charge in [0.2, 0.25) is 5.91 Å². The van der Waals surface area contributed by atoms with Gasteiger partial charge in [-0.15, -0.1) is 0 Å². The van der Waals surface area contributed by atoms with Gasteiger partial charge in [0.25, 0.3) is 0 Å². The molecule has 0 spiro atoms. The molecule has 1 aromatic rings. The molecule has 0 aliphatic carbocycles. The van der Waals surface area contributed by atoms with Gasteiger partial charge in [-0.3, -0.25) is 4.79 Å². The van der Waals surface area contributed by atoms with Crippen LogP contribution in [0.3, 0.4) is 0 Å². The van der Waals surface area contributed by atoms with Crippen molar-refractivity contribution in [2.45, 2.75) is 26.8 Å². The highest BCUT2D eigenvalue weighted by Gasteiger charge is 2.01. The highest BCUT2D eigenvalue weighted by molar-refractivity contribution is 6.30. The van der Waals surface area contributed by atoms with Crippen molar-refractivity contribution < 1.29 is 4.79 Å². The van der Waals surface area contributed by atoms with Crippen molar-refractivity contribution in [3.05, 3.63) is 34.9 Å². The van der Waals surface area contributed by atoms with Crippen LogP contribution in [-0.4, -0.2) is 19.0 Å². The van der Waals surface area contributed by atoms with E-state index in [-0.39, 0.29) is 5.91 Å². The first-order chi connectivity index (χ1) is 8.58. The van der Waals surface area contributed by atoms with Crippen LogP contribution in [0.4, 0.5) is 0 Å². The Labute approximate surface area is 114 Å². The molecule has 1 aromatic carbocycles. The van der Waals surface area contributed by atoms with Crippen LogP contribution in [0.1, 0.15) is 25.8 Å². The van der Waals surface area contributed by atoms with Gasteiger partial charge in [-0.25, -0.2) is 0 Å². The maximum atomic E-state index is 11.4. The Bertz CT molecular complexity index is 380. The normalized spacial score (nSPS) is 10.7. The Morgan fingerprint density at radius 3 is 2.83 bits per heavy atom. The zero-order valence-electron chi connectivity index (χ0n) is 11.0. The largest absolute Gasteiger partial charge is 0.356 e. The number of nitrogens with one attached hydrogen (secondary N) is 2. The van der Waals surface area contributed by atoms with E-state index in [0.29, 0.717) is 18.9 Å². The molecule has 0 unspecified atom stereocenters. The van der Waals surface area contributed by atoms with Gasteiger partial charge in [-0.2, -0.15) is 0 Å². The topological polar surface area (TPSA) is 41.1 Å². The minimum absolute atomic E-state index is 0.0993. The maximum Gasteiger partial charge on any atom is 0.221 e. The average molecular weight is 269 g/mol. The van der Waals surface area contributed by atoms with Gasteiger partial charge < -0.3 is 10.6 Å². The summed E-state index contributed by atoms with van der Waals surface area (Å²) in [6.45, 7) is 6.32. The fraction of sp³-hybridized carbons (Fsp3) is 0.500. The van der Waals surface area contributed by atoms with Crippen molar-refractivity contribution in [1.82, 2.24) is 10.6 Å². The van der Waals surface area contributed by atoms with E-state index in [2.05, 4.69) is 24.5 Å². The first kappa shape index (κ1) is 15.0. The second-order valence-electron chi connectivity index (χ2n) is 4.75. The summed E-state index contributed by atoms with van der Waals surface area (Å²) in [6, 6.07) is 7.71. The summed E-state index contributed by atoms with van der Waals surface area (Å²) >= 11 is 5.89. The number of rotatable bonds is 7. The lowest BCUT2D eigenvalue weighted by atomic mass is 10.2. The zero-order valence-corrected chi connectivity index (χ0v) is 11.8. The number of hydrogen-bond donors (Lipinski definition) is 2. The second kappa shape index (κ2) is 8.11. The summed E-state index contributed by atoms with van der Waals surface area (Å²) in [4.78, 5) is 11.4. The lowest BCUT2D eigenvalue weighted by molar-refractivity contribution is -0.121. The van der Waals surface area contributed by atoms with E-state index in [9.17, 15) is 4.79 Å². The molecule has 100 valence electrons. The zero-order chi connectivity index (χ0) is 13.4. The van der Waals surface area contributed by atoms with Crippen LogP contribution in [-0.2, 0) is 11.3 Å². The monoisotopic (exact) mass is 268 g/mol. The number of benzene rings is 1. The van der Waals surface area contributed by atoms with Crippen LogP contribution in [0.5, 0.6) is 0 Å². The molecule has 0 radical (unpaired) electrons. The first-order valence-electron chi connectivity index (χ1n) is 6.30. The van der Waals surface area contributed by atoms with Gasteiger partial charge >= 0.3 is 0 Å². The van der Waals surface area contributed by atoms with Crippen molar-refractivity contribution >= 4 is 17.5 Å². The predicted molar refractivity (Wildman–Crippen MR) is 75.6 cm³/mol. The molecule has 1 amide bonds. The van der Waals surface area contributed by atoms with Crippen LogP contribution in [0, 0.1) is 5.92 Å². The fourth-order valence-electron chi connectivity index (χ4n) is 1.49. The molecule has 0 fully saturated rings. The van der Waals surface area contributed by atoms with Gasteiger partial charge in [0.05, 0.1) is 0 Å². The lowest BCUT2D eigenvalue weighted by Crippen LogP contribution is -2.30. The third-order valence-corrected chi connectivity index (χ3v) is 2.69. The Balaban J connectivity index is 2.13. The molecule has 0 saturated heterocycles. The summed E-state index contributed by atoms with van der Waals surface area (Å²) in [5, 5.41) is 6.86. The van der Waals surface area contributed by atoms with Crippen molar-refractivity contribution in [2.24, 2.45) is 5.92 Å². The molecule has 0 atom stereocenters. The predicted octanol–water partition coefficient (Wildman–Crippen LogP) is 2.59. The van der Waals surface area contributed by atoms with E-state index in [1.54, 1.807) is 0 Å². The molecular weight excluding hydrogens is 248 g/mol.